The molecule has 2 aromatic rings. The maximum atomic E-state index is 13.7. The van der Waals surface area contributed by atoms with Gasteiger partial charge in [-0.25, -0.2) is 4.39 Å². The Morgan fingerprint density at radius 1 is 1.30 bits per heavy atom. The van der Waals surface area contributed by atoms with Crippen molar-refractivity contribution in [1.82, 2.24) is 0 Å². The van der Waals surface area contributed by atoms with Crippen LogP contribution in [0.3, 0.4) is 0 Å². The molecule has 2 rings (SSSR count). The Balaban J connectivity index is 2.53. The second kappa shape index (κ2) is 5.68. The number of benzene rings is 2. The fourth-order valence-electron chi connectivity index (χ4n) is 1.57. The van der Waals surface area contributed by atoms with E-state index >= 15 is 0 Å². The second-order valence-corrected chi connectivity index (χ2v) is 5.24. The van der Waals surface area contributed by atoms with Crippen molar-refractivity contribution in [2.75, 3.05) is 5.73 Å². The van der Waals surface area contributed by atoms with Crippen LogP contribution in [0.2, 0.25) is 5.02 Å². The first kappa shape index (κ1) is 14.6. The third kappa shape index (κ3) is 3.02. The molecule has 20 heavy (non-hydrogen) atoms. The lowest BCUT2D eigenvalue weighted by Gasteiger charge is -2.12. The van der Waals surface area contributed by atoms with Gasteiger partial charge in [-0.2, -0.15) is 0 Å². The summed E-state index contributed by atoms with van der Waals surface area (Å²) in [6, 6.07) is 6.85. The van der Waals surface area contributed by atoms with Gasteiger partial charge < -0.3 is 16.2 Å². The molecule has 0 radical (unpaired) electrons. The summed E-state index contributed by atoms with van der Waals surface area (Å²) in [5, 5.41) is 0.0678. The highest BCUT2D eigenvalue weighted by atomic mass is 79.9. The largest absolute Gasteiger partial charge is 0.452 e. The molecule has 0 fully saturated rings. The molecular formula is C13H9BrClFN2O2. The van der Waals surface area contributed by atoms with Crippen LogP contribution in [0, 0.1) is 5.82 Å². The summed E-state index contributed by atoms with van der Waals surface area (Å²) < 4.78 is 19.7. The Bertz CT molecular complexity index is 694. The molecule has 0 heterocycles. The van der Waals surface area contributed by atoms with Crippen LogP contribution in [0.5, 0.6) is 11.5 Å². The van der Waals surface area contributed by atoms with E-state index < -0.39 is 11.7 Å². The van der Waals surface area contributed by atoms with E-state index in [0.717, 1.165) is 0 Å². The zero-order valence-electron chi connectivity index (χ0n) is 9.99. The van der Waals surface area contributed by atoms with Crippen LogP contribution < -0.4 is 16.2 Å². The first-order chi connectivity index (χ1) is 9.38. The molecule has 0 unspecified atom stereocenters. The average Bonchev–Trinajstić information content (AvgIpc) is 2.36. The Morgan fingerprint density at radius 2 is 2.00 bits per heavy atom. The highest BCUT2D eigenvalue weighted by Gasteiger charge is 2.17. The summed E-state index contributed by atoms with van der Waals surface area (Å²) in [4.78, 5) is 11.4. The highest BCUT2D eigenvalue weighted by Crippen LogP contribution is 2.36. The zero-order valence-corrected chi connectivity index (χ0v) is 12.3. The van der Waals surface area contributed by atoms with Gasteiger partial charge >= 0.3 is 0 Å². The average molecular weight is 360 g/mol. The van der Waals surface area contributed by atoms with E-state index in [2.05, 4.69) is 15.9 Å². The maximum absolute atomic E-state index is 13.7. The predicted molar refractivity (Wildman–Crippen MR) is 78.6 cm³/mol. The van der Waals surface area contributed by atoms with Crippen molar-refractivity contribution in [3.05, 3.63) is 51.2 Å². The number of rotatable bonds is 3. The molecule has 2 aromatic carbocycles. The van der Waals surface area contributed by atoms with Crippen molar-refractivity contribution < 1.29 is 13.9 Å². The lowest BCUT2D eigenvalue weighted by molar-refractivity contribution is 0.0998. The van der Waals surface area contributed by atoms with Gasteiger partial charge in [0.25, 0.3) is 5.91 Å². The van der Waals surface area contributed by atoms with Crippen molar-refractivity contribution in [2.45, 2.75) is 0 Å². The van der Waals surface area contributed by atoms with Crippen LogP contribution in [0.15, 0.2) is 34.8 Å². The SMILES string of the molecule is NC(=O)c1cc(N)cc(Cl)c1Oc1cc(Br)ccc1F. The minimum absolute atomic E-state index is 0.0191. The van der Waals surface area contributed by atoms with Crippen LogP contribution in [0.4, 0.5) is 10.1 Å². The molecule has 0 spiro atoms. The van der Waals surface area contributed by atoms with E-state index in [4.69, 9.17) is 27.8 Å². The van der Waals surface area contributed by atoms with E-state index in [-0.39, 0.29) is 27.8 Å². The number of hydrogen-bond donors (Lipinski definition) is 2. The highest BCUT2D eigenvalue weighted by molar-refractivity contribution is 9.10. The van der Waals surface area contributed by atoms with Crippen molar-refractivity contribution in [3.8, 4) is 11.5 Å². The minimum Gasteiger partial charge on any atom is -0.452 e. The number of halogens is 3. The van der Waals surface area contributed by atoms with Crippen molar-refractivity contribution >= 4 is 39.1 Å². The summed E-state index contributed by atoms with van der Waals surface area (Å²) in [6.45, 7) is 0. The van der Waals surface area contributed by atoms with Gasteiger partial charge in [0.1, 0.15) is 0 Å². The van der Waals surface area contributed by atoms with E-state index in [9.17, 15) is 9.18 Å². The van der Waals surface area contributed by atoms with Gasteiger partial charge in [0.15, 0.2) is 17.3 Å². The first-order valence-electron chi connectivity index (χ1n) is 5.40. The molecule has 0 aromatic heterocycles. The summed E-state index contributed by atoms with van der Waals surface area (Å²) in [6.07, 6.45) is 0. The van der Waals surface area contributed by atoms with E-state index in [1.165, 1.54) is 30.3 Å². The number of hydrogen-bond acceptors (Lipinski definition) is 3. The number of primary amides is 1. The summed E-state index contributed by atoms with van der Waals surface area (Å²) in [5.74, 6) is -1.50. The normalized spacial score (nSPS) is 10.3. The number of carbonyl (C=O) groups excluding carboxylic acids is 1. The van der Waals surface area contributed by atoms with Crippen molar-refractivity contribution in [3.63, 3.8) is 0 Å². The predicted octanol–water partition coefficient (Wildman–Crippen LogP) is 3.71. The van der Waals surface area contributed by atoms with Gasteiger partial charge in [0.2, 0.25) is 0 Å². The number of nitrogen functional groups attached to an aromatic ring is 1. The molecule has 0 aliphatic carbocycles. The molecular weight excluding hydrogens is 351 g/mol. The van der Waals surface area contributed by atoms with Gasteiger partial charge in [-0.05, 0) is 30.3 Å². The third-order valence-electron chi connectivity index (χ3n) is 2.44. The fourth-order valence-corrected chi connectivity index (χ4v) is 2.17. The number of carbonyl (C=O) groups is 1. The smallest absolute Gasteiger partial charge is 0.252 e. The molecule has 0 saturated carbocycles. The Labute approximate surface area is 127 Å². The van der Waals surface area contributed by atoms with Gasteiger partial charge in [-0.3, -0.25) is 4.79 Å². The van der Waals surface area contributed by atoms with E-state index in [1.807, 2.05) is 0 Å². The topological polar surface area (TPSA) is 78.3 Å². The molecule has 7 heteroatoms. The number of anilines is 1. The van der Waals surface area contributed by atoms with Crippen LogP contribution in [-0.4, -0.2) is 5.91 Å². The van der Waals surface area contributed by atoms with E-state index in [1.54, 1.807) is 0 Å². The third-order valence-corrected chi connectivity index (χ3v) is 3.21. The summed E-state index contributed by atoms with van der Waals surface area (Å²) in [7, 11) is 0. The van der Waals surface area contributed by atoms with Crippen LogP contribution in [0.1, 0.15) is 10.4 Å². The molecule has 0 bridgehead atoms. The van der Waals surface area contributed by atoms with Crippen LogP contribution in [0.25, 0.3) is 0 Å². The van der Waals surface area contributed by atoms with Crippen molar-refractivity contribution in [1.29, 1.82) is 0 Å². The van der Waals surface area contributed by atoms with Crippen LogP contribution >= 0.6 is 27.5 Å². The lowest BCUT2D eigenvalue weighted by atomic mass is 10.1. The van der Waals surface area contributed by atoms with Gasteiger partial charge in [-0.1, -0.05) is 27.5 Å². The lowest BCUT2D eigenvalue weighted by Crippen LogP contribution is -2.13. The maximum Gasteiger partial charge on any atom is 0.252 e. The number of nitrogens with two attached hydrogens (primary N) is 2. The monoisotopic (exact) mass is 358 g/mol. The quantitative estimate of drug-likeness (QED) is 0.820. The van der Waals surface area contributed by atoms with Gasteiger partial charge in [-0.15, -0.1) is 0 Å². The molecule has 0 aliphatic rings. The van der Waals surface area contributed by atoms with E-state index in [0.29, 0.717) is 4.47 Å². The standard InChI is InChI=1S/C13H9BrClFN2O2/c14-6-1-2-10(16)11(3-6)20-12-8(13(18)19)4-7(17)5-9(12)15/h1-5H,17H2,(H2,18,19). The number of ether oxygens (including phenoxy) is 1. The first-order valence-corrected chi connectivity index (χ1v) is 6.57. The molecule has 104 valence electrons. The summed E-state index contributed by atoms with van der Waals surface area (Å²) in [5.41, 5.74) is 11.1. The van der Waals surface area contributed by atoms with Crippen LogP contribution in [-0.2, 0) is 0 Å². The molecule has 4 nitrogen and oxygen atoms in total. The molecule has 0 atom stereocenters. The Kier molecular flexibility index (Phi) is 4.15. The molecule has 0 aliphatic heterocycles. The minimum atomic E-state index is -0.774. The van der Waals surface area contributed by atoms with Gasteiger partial charge in [0, 0.05) is 10.2 Å². The van der Waals surface area contributed by atoms with Gasteiger partial charge in [0.05, 0.1) is 10.6 Å². The molecule has 0 saturated heterocycles. The fraction of sp³-hybridized carbons (Fsp3) is 0. The van der Waals surface area contributed by atoms with Crippen molar-refractivity contribution in [2.24, 2.45) is 5.73 Å². The zero-order chi connectivity index (χ0) is 14.9. The Hall–Kier alpha value is -1.79. The number of amides is 1. The molecule has 4 N–H and O–H groups in total. The molecule has 1 amide bonds. The second-order valence-electron chi connectivity index (χ2n) is 3.92. The Morgan fingerprint density at radius 3 is 2.65 bits per heavy atom. The summed E-state index contributed by atoms with van der Waals surface area (Å²) >= 11 is 9.17.